The van der Waals surface area contributed by atoms with Crippen molar-refractivity contribution in [3.63, 3.8) is 0 Å². The second-order valence-corrected chi connectivity index (χ2v) is 7.11. The van der Waals surface area contributed by atoms with Crippen molar-refractivity contribution in [3.05, 3.63) is 47.7 Å². The third-order valence-electron chi connectivity index (χ3n) is 4.80. The van der Waals surface area contributed by atoms with E-state index in [0.717, 1.165) is 43.9 Å². The largest absolute Gasteiger partial charge is 0.494 e. The van der Waals surface area contributed by atoms with E-state index in [2.05, 4.69) is 15.6 Å². The highest BCUT2D eigenvalue weighted by atomic mass is 19.1. The van der Waals surface area contributed by atoms with E-state index in [1.807, 2.05) is 6.92 Å². The van der Waals surface area contributed by atoms with Crippen molar-refractivity contribution in [1.82, 2.24) is 10.3 Å². The molecular formula is C20H23F2N3O2. The number of ether oxygens (including phenoxy) is 1. The highest BCUT2D eigenvalue weighted by molar-refractivity contribution is 5.96. The van der Waals surface area contributed by atoms with E-state index in [1.54, 1.807) is 12.1 Å². The molecule has 1 aliphatic carbocycles. The third kappa shape index (κ3) is 4.72. The molecule has 1 saturated carbocycles. The summed E-state index contributed by atoms with van der Waals surface area (Å²) in [6.45, 7) is 2.04. The first-order chi connectivity index (χ1) is 12.9. The number of methoxy groups -OCH3 is 1. The second-order valence-electron chi connectivity index (χ2n) is 7.11. The number of amides is 1. The smallest absolute Gasteiger partial charge is 0.274 e. The van der Waals surface area contributed by atoms with Gasteiger partial charge >= 0.3 is 0 Å². The Kier molecular flexibility index (Phi) is 5.58. The van der Waals surface area contributed by atoms with Gasteiger partial charge in [0.2, 0.25) is 0 Å². The first-order valence-corrected chi connectivity index (χ1v) is 8.99. The van der Waals surface area contributed by atoms with Gasteiger partial charge < -0.3 is 15.4 Å². The number of nitrogens with zero attached hydrogens (tertiary/aromatic N) is 1. The molecule has 27 heavy (non-hydrogen) atoms. The van der Waals surface area contributed by atoms with E-state index in [0.29, 0.717) is 11.6 Å². The van der Waals surface area contributed by atoms with Crippen molar-refractivity contribution in [2.75, 3.05) is 12.4 Å². The van der Waals surface area contributed by atoms with Gasteiger partial charge in [0.05, 0.1) is 7.11 Å². The first kappa shape index (κ1) is 19.1. The number of pyridine rings is 1. The molecule has 1 aromatic carbocycles. The van der Waals surface area contributed by atoms with Crippen molar-refractivity contribution in [1.29, 1.82) is 0 Å². The molecular weight excluding hydrogens is 352 g/mol. The molecule has 7 heteroatoms. The minimum atomic E-state index is -0.700. The number of benzene rings is 1. The van der Waals surface area contributed by atoms with Gasteiger partial charge in [0.1, 0.15) is 23.2 Å². The normalized spacial score (nSPS) is 15.9. The van der Waals surface area contributed by atoms with Crippen LogP contribution in [0, 0.1) is 11.6 Å². The standard InChI is InChI=1S/C20H23F2N3O2/c1-20(8-4-3-5-9-20)25-19(26)18-16(27-2)6-7-17(24-18)23-15-11-13(21)10-14(22)12-15/h6-7,10-12H,3-5,8-9H2,1-2H3,(H,23,24)(H,25,26). The molecule has 0 radical (unpaired) electrons. The fourth-order valence-electron chi connectivity index (χ4n) is 3.41. The van der Waals surface area contributed by atoms with Crippen LogP contribution >= 0.6 is 0 Å². The first-order valence-electron chi connectivity index (χ1n) is 8.99. The average Bonchev–Trinajstić information content (AvgIpc) is 2.61. The van der Waals surface area contributed by atoms with E-state index in [9.17, 15) is 13.6 Å². The van der Waals surface area contributed by atoms with Crippen LogP contribution in [0.25, 0.3) is 0 Å². The van der Waals surface area contributed by atoms with Crippen LogP contribution in [0.3, 0.4) is 0 Å². The highest BCUT2D eigenvalue weighted by Crippen LogP contribution is 2.29. The van der Waals surface area contributed by atoms with Crippen molar-refractivity contribution in [3.8, 4) is 5.75 Å². The molecule has 1 aromatic heterocycles. The Morgan fingerprint density at radius 1 is 1.11 bits per heavy atom. The predicted octanol–water partition coefficient (Wildman–Crippen LogP) is 4.56. The summed E-state index contributed by atoms with van der Waals surface area (Å²) in [7, 11) is 1.46. The van der Waals surface area contributed by atoms with Gasteiger partial charge in [-0.2, -0.15) is 0 Å². The molecule has 0 atom stereocenters. The number of nitrogens with one attached hydrogen (secondary N) is 2. The monoisotopic (exact) mass is 375 g/mol. The van der Waals surface area contributed by atoms with Crippen LogP contribution in [0.15, 0.2) is 30.3 Å². The second kappa shape index (κ2) is 7.90. The average molecular weight is 375 g/mol. The summed E-state index contributed by atoms with van der Waals surface area (Å²) in [6, 6.07) is 6.27. The number of halogens is 2. The molecule has 1 heterocycles. The molecule has 144 valence electrons. The molecule has 0 saturated heterocycles. The van der Waals surface area contributed by atoms with Crippen LogP contribution in [0.1, 0.15) is 49.5 Å². The van der Waals surface area contributed by atoms with Gasteiger partial charge in [0, 0.05) is 17.3 Å². The maximum absolute atomic E-state index is 13.4. The fraction of sp³-hybridized carbons (Fsp3) is 0.400. The summed E-state index contributed by atoms with van der Waals surface area (Å²) in [5, 5.41) is 5.88. The molecule has 5 nitrogen and oxygen atoms in total. The zero-order valence-electron chi connectivity index (χ0n) is 15.4. The summed E-state index contributed by atoms with van der Waals surface area (Å²) >= 11 is 0. The summed E-state index contributed by atoms with van der Waals surface area (Å²) in [4.78, 5) is 17.1. The lowest BCUT2D eigenvalue weighted by Crippen LogP contribution is -2.47. The summed E-state index contributed by atoms with van der Waals surface area (Å²) in [5.41, 5.74) is 0.0684. The van der Waals surface area contributed by atoms with Crippen LogP contribution < -0.4 is 15.4 Å². The van der Waals surface area contributed by atoms with Gasteiger partial charge in [-0.25, -0.2) is 13.8 Å². The third-order valence-corrected chi connectivity index (χ3v) is 4.80. The zero-order valence-corrected chi connectivity index (χ0v) is 15.4. The molecule has 2 N–H and O–H groups in total. The van der Waals surface area contributed by atoms with Crippen LogP contribution in [0.2, 0.25) is 0 Å². The molecule has 2 aromatic rings. The van der Waals surface area contributed by atoms with E-state index >= 15 is 0 Å². The quantitative estimate of drug-likeness (QED) is 0.804. The van der Waals surface area contributed by atoms with Gasteiger partial charge in [0.25, 0.3) is 5.91 Å². The SMILES string of the molecule is COc1ccc(Nc2cc(F)cc(F)c2)nc1C(=O)NC1(C)CCCCC1. The lowest BCUT2D eigenvalue weighted by atomic mass is 9.83. The lowest BCUT2D eigenvalue weighted by molar-refractivity contribution is 0.0874. The number of hydrogen-bond acceptors (Lipinski definition) is 4. The molecule has 0 bridgehead atoms. The van der Waals surface area contributed by atoms with Gasteiger partial charge in [-0.15, -0.1) is 0 Å². The van der Waals surface area contributed by atoms with E-state index < -0.39 is 11.6 Å². The number of carbonyl (C=O) groups excluding carboxylic acids is 1. The van der Waals surface area contributed by atoms with Gasteiger partial charge in [-0.3, -0.25) is 4.79 Å². The lowest BCUT2D eigenvalue weighted by Gasteiger charge is -2.34. The summed E-state index contributed by atoms with van der Waals surface area (Å²) in [5.74, 6) is -1.10. The Bertz CT molecular complexity index is 816. The summed E-state index contributed by atoms with van der Waals surface area (Å²) < 4.78 is 32.0. The number of carbonyl (C=O) groups is 1. The highest BCUT2D eigenvalue weighted by Gasteiger charge is 2.30. The molecule has 0 aliphatic heterocycles. The minimum Gasteiger partial charge on any atom is -0.494 e. The van der Waals surface area contributed by atoms with Gasteiger partial charge in [-0.1, -0.05) is 19.3 Å². The Balaban J connectivity index is 1.83. The van der Waals surface area contributed by atoms with Crippen LogP contribution in [0.4, 0.5) is 20.3 Å². The van der Waals surface area contributed by atoms with Crippen LogP contribution in [0.5, 0.6) is 5.75 Å². The zero-order chi connectivity index (χ0) is 19.4. The Labute approximate surface area is 157 Å². The topological polar surface area (TPSA) is 63.2 Å². The van der Waals surface area contributed by atoms with Crippen LogP contribution in [-0.2, 0) is 0 Å². The van der Waals surface area contributed by atoms with Crippen molar-refractivity contribution in [2.24, 2.45) is 0 Å². The molecule has 3 rings (SSSR count). The van der Waals surface area contributed by atoms with Crippen molar-refractivity contribution >= 4 is 17.4 Å². The molecule has 0 unspecified atom stereocenters. The van der Waals surface area contributed by atoms with Crippen molar-refractivity contribution in [2.45, 2.75) is 44.6 Å². The van der Waals surface area contributed by atoms with E-state index in [-0.39, 0.29) is 22.8 Å². The maximum Gasteiger partial charge on any atom is 0.274 e. The predicted molar refractivity (Wildman–Crippen MR) is 99.4 cm³/mol. The molecule has 1 fully saturated rings. The minimum absolute atomic E-state index is 0.131. The molecule has 0 spiro atoms. The van der Waals surface area contributed by atoms with Gasteiger partial charge in [0.15, 0.2) is 5.69 Å². The fourth-order valence-corrected chi connectivity index (χ4v) is 3.41. The number of rotatable bonds is 5. The van der Waals surface area contributed by atoms with E-state index in [4.69, 9.17) is 4.74 Å². The summed E-state index contributed by atoms with van der Waals surface area (Å²) in [6.07, 6.45) is 5.17. The number of anilines is 2. The molecule has 1 aliphatic rings. The Morgan fingerprint density at radius 2 is 1.78 bits per heavy atom. The number of aromatic nitrogens is 1. The Hall–Kier alpha value is -2.70. The van der Waals surface area contributed by atoms with Crippen LogP contribution in [-0.4, -0.2) is 23.5 Å². The van der Waals surface area contributed by atoms with E-state index in [1.165, 1.54) is 13.5 Å². The van der Waals surface area contributed by atoms with Gasteiger partial charge in [-0.05, 0) is 44.0 Å². The maximum atomic E-state index is 13.4. The molecule has 1 amide bonds. The van der Waals surface area contributed by atoms with Crippen molar-refractivity contribution < 1.29 is 18.3 Å². The Morgan fingerprint density at radius 3 is 2.41 bits per heavy atom. The number of hydrogen-bond donors (Lipinski definition) is 2.